The number of hydrogen-bond acceptors (Lipinski definition) is 3. The first-order chi connectivity index (χ1) is 12.2. The van der Waals surface area contributed by atoms with E-state index in [1.54, 1.807) is 11.8 Å². The first-order valence-corrected chi connectivity index (χ1v) is 9.90. The molecule has 0 saturated carbocycles. The molecule has 3 nitrogen and oxygen atoms in total. The van der Waals surface area contributed by atoms with Gasteiger partial charge in [-0.1, -0.05) is 56.3 Å². The number of carbonyl (C=O) groups excluding carboxylic acids is 1. The van der Waals surface area contributed by atoms with E-state index in [0.29, 0.717) is 6.54 Å². The van der Waals surface area contributed by atoms with Gasteiger partial charge in [-0.05, 0) is 42.3 Å². The fourth-order valence-corrected chi connectivity index (χ4v) is 4.32. The number of carbonyl (C=O) groups is 1. The third-order valence-corrected chi connectivity index (χ3v) is 6.05. The van der Waals surface area contributed by atoms with Gasteiger partial charge in [0.15, 0.2) is 0 Å². The lowest BCUT2D eigenvalue weighted by molar-refractivity contribution is -0.120. The number of thioether (sulfide) groups is 1. The second-order valence-electron chi connectivity index (χ2n) is 6.41. The number of nitrogens with zero attached hydrogens (tertiary/aromatic N) is 1. The Kier molecular flexibility index (Phi) is 6.16. The molecule has 1 unspecified atom stereocenters. The SMILES string of the molecule is CCN(CC)Cc1ccc(CNC(=O)C2Cc3ccccc3S2)cc1. The standard InChI is InChI=1S/C21H26N2OS/c1-3-23(4-2)15-17-11-9-16(10-12-17)14-22-21(24)20-13-18-7-5-6-8-19(18)25-20/h5-12,20H,3-4,13-15H2,1-2H3,(H,22,24). The summed E-state index contributed by atoms with van der Waals surface area (Å²) >= 11 is 1.68. The van der Waals surface area contributed by atoms with Crippen LogP contribution in [0.1, 0.15) is 30.5 Å². The Bertz CT molecular complexity index is 685. The highest BCUT2D eigenvalue weighted by Gasteiger charge is 2.27. The van der Waals surface area contributed by atoms with Crippen LogP contribution in [0.15, 0.2) is 53.4 Å². The van der Waals surface area contributed by atoms with Crippen molar-refractivity contribution in [3.05, 3.63) is 65.2 Å². The molecule has 0 aromatic heterocycles. The van der Waals surface area contributed by atoms with Crippen molar-refractivity contribution in [2.75, 3.05) is 13.1 Å². The van der Waals surface area contributed by atoms with Gasteiger partial charge >= 0.3 is 0 Å². The summed E-state index contributed by atoms with van der Waals surface area (Å²) in [7, 11) is 0. The van der Waals surface area contributed by atoms with Gasteiger partial charge in [-0.3, -0.25) is 9.69 Å². The van der Waals surface area contributed by atoms with Gasteiger partial charge in [0.05, 0.1) is 5.25 Å². The number of fused-ring (bicyclic) bond motifs is 1. The summed E-state index contributed by atoms with van der Waals surface area (Å²) in [6, 6.07) is 16.9. The van der Waals surface area contributed by atoms with Crippen LogP contribution >= 0.6 is 11.8 Å². The van der Waals surface area contributed by atoms with Crippen LogP contribution in [-0.4, -0.2) is 29.1 Å². The molecule has 25 heavy (non-hydrogen) atoms. The third kappa shape index (κ3) is 4.65. The van der Waals surface area contributed by atoms with Gasteiger partial charge < -0.3 is 5.32 Å². The Hall–Kier alpha value is -1.78. The summed E-state index contributed by atoms with van der Waals surface area (Å²) in [6.45, 7) is 8.08. The molecule has 1 aliphatic rings. The second kappa shape index (κ2) is 8.54. The summed E-state index contributed by atoms with van der Waals surface area (Å²) in [5, 5.41) is 3.09. The first-order valence-electron chi connectivity index (χ1n) is 9.02. The smallest absolute Gasteiger partial charge is 0.234 e. The molecule has 0 fully saturated rings. The topological polar surface area (TPSA) is 32.3 Å². The van der Waals surface area contributed by atoms with Gasteiger partial charge in [-0.15, -0.1) is 11.8 Å². The Labute approximate surface area is 154 Å². The predicted molar refractivity (Wildman–Crippen MR) is 105 cm³/mol. The zero-order valence-electron chi connectivity index (χ0n) is 15.0. The summed E-state index contributed by atoms with van der Waals surface area (Å²) < 4.78 is 0. The molecule has 4 heteroatoms. The van der Waals surface area contributed by atoms with E-state index in [1.807, 2.05) is 12.1 Å². The minimum atomic E-state index is -0.000611. The van der Waals surface area contributed by atoms with E-state index >= 15 is 0 Å². The van der Waals surface area contributed by atoms with Crippen LogP contribution in [0.5, 0.6) is 0 Å². The molecule has 0 saturated heterocycles. The normalized spacial score (nSPS) is 16.0. The van der Waals surface area contributed by atoms with Crippen LogP contribution in [0.2, 0.25) is 0 Å². The van der Waals surface area contributed by atoms with Crippen molar-refractivity contribution in [3.63, 3.8) is 0 Å². The fraction of sp³-hybridized carbons (Fsp3) is 0.381. The highest BCUT2D eigenvalue weighted by Crippen LogP contribution is 2.36. The van der Waals surface area contributed by atoms with Crippen molar-refractivity contribution in [3.8, 4) is 0 Å². The monoisotopic (exact) mass is 354 g/mol. The molecule has 0 aliphatic carbocycles. The van der Waals surface area contributed by atoms with E-state index in [1.165, 1.54) is 16.0 Å². The number of rotatable bonds is 7. The van der Waals surface area contributed by atoms with Crippen LogP contribution in [0.3, 0.4) is 0 Å². The molecule has 1 heterocycles. The number of nitrogens with one attached hydrogen (secondary N) is 1. The van der Waals surface area contributed by atoms with E-state index in [9.17, 15) is 4.79 Å². The minimum Gasteiger partial charge on any atom is -0.351 e. The molecule has 1 atom stereocenters. The summed E-state index contributed by atoms with van der Waals surface area (Å²) in [4.78, 5) is 16.1. The van der Waals surface area contributed by atoms with Crippen LogP contribution in [0.4, 0.5) is 0 Å². The summed E-state index contributed by atoms with van der Waals surface area (Å²) in [5.74, 6) is 0.133. The highest BCUT2D eigenvalue weighted by molar-refractivity contribution is 8.01. The lowest BCUT2D eigenvalue weighted by Crippen LogP contribution is -2.32. The Morgan fingerprint density at radius 2 is 1.76 bits per heavy atom. The largest absolute Gasteiger partial charge is 0.351 e. The van der Waals surface area contributed by atoms with Gasteiger partial charge in [-0.2, -0.15) is 0 Å². The van der Waals surface area contributed by atoms with Crippen LogP contribution in [0.25, 0.3) is 0 Å². The maximum Gasteiger partial charge on any atom is 0.234 e. The Morgan fingerprint density at radius 3 is 2.44 bits per heavy atom. The average Bonchev–Trinajstić information content (AvgIpc) is 3.09. The Balaban J connectivity index is 1.50. The van der Waals surface area contributed by atoms with Crippen molar-refractivity contribution < 1.29 is 4.79 Å². The molecule has 2 aromatic carbocycles. The summed E-state index contributed by atoms with van der Waals surface area (Å²) in [6.07, 6.45) is 0.829. The van der Waals surface area contributed by atoms with Crippen LogP contribution in [0, 0.1) is 0 Å². The number of amides is 1. The van der Waals surface area contributed by atoms with Crippen molar-refractivity contribution in [1.82, 2.24) is 10.2 Å². The van der Waals surface area contributed by atoms with E-state index < -0.39 is 0 Å². The molecule has 0 radical (unpaired) electrons. The molecular formula is C21H26N2OS. The van der Waals surface area contributed by atoms with Gasteiger partial charge in [0.25, 0.3) is 0 Å². The molecule has 0 bridgehead atoms. The fourth-order valence-electron chi connectivity index (χ4n) is 3.10. The Morgan fingerprint density at radius 1 is 1.08 bits per heavy atom. The molecule has 132 valence electrons. The quantitative estimate of drug-likeness (QED) is 0.819. The van der Waals surface area contributed by atoms with Gasteiger partial charge in [0, 0.05) is 18.0 Å². The highest BCUT2D eigenvalue weighted by atomic mass is 32.2. The molecule has 0 spiro atoms. The second-order valence-corrected chi connectivity index (χ2v) is 7.66. The molecular weight excluding hydrogens is 328 g/mol. The lowest BCUT2D eigenvalue weighted by Gasteiger charge is -2.18. The van der Waals surface area contributed by atoms with Crippen molar-refractivity contribution in [1.29, 1.82) is 0 Å². The van der Waals surface area contributed by atoms with Crippen molar-refractivity contribution in [2.24, 2.45) is 0 Å². The number of hydrogen-bond donors (Lipinski definition) is 1. The maximum atomic E-state index is 12.4. The number of benzene rings is 2. The predicted octanol–water partition coefficient (Wildman–Crippen LogP) is 3.86. The van der Waals surface area contributed by atoms with Crippen molar-refractivity contribution >= 4 is 17.7 Å². The molecule has 2 aromatic rings. The zero-order valence-corrected chi connectivity index (χ0v) is 15.8. The van der Waals surface area contributed by atoms with Gasteiger partial charge in [-0.25, -0.2) is 0 Å². The maximum absolute atomic E-state index is 12.4. The zero-order chi connectivity index (χ0) is 17.6. The summed E-state index contributed by atoms with van der Waals surface area (Å²) in [5.41, 5.74) is 3.76. The molecule has 3 rings (SSSR count). The molecule has 1 aliphatic heterocycles. The first kappa shape index (κ1) is 18.0. The van der Waals surface area contributed by atoms with Crippen LogP contribution < -0.4 is 5.32 Å². The third-order valence-electron chi connectivity index (χ3n) is 4.73. The van der Waals surface area contributed by atoms with E-state index in [2.05, 4.69) is 60.5 Å². The molecule has 1 N–H and O–H groups in total. The van der Waals surface area contributed by atoms with Gasteiger partial charge in [0.1, 0.15) is 0 Å². The van der Waals surface area contributed by atoms with E-state index in [4.69, 9.17) is 0 Å². The van der Waals surface area contributed by atoms with Crippen LogP contribution in [-0.2, 0) is 24.3 Å². The van der Waals surface area contributed by atoms with E-state index in [0.717, 1.165) is 31.6 Å². The van der Waals surface area contributed by atoms with E-state index in [-0.39, 0.29) is 11.2 Å². The van der Waals surface area contributed by atoms with Crippen molar-refractivity contribution in [2.45, 2.75) is 43.5 Å². The van der Waals surface area contributed by atoms with Gasteiger partial charge in [0.2, 0.25) is 5.91 Å². The lowest BCUT2D eigenvalue weighted by atomic mass is 10.1. The average molecular weight is 355 g/mol. The molecule has 1 amide bonds. The minimum absolute atomic E-state index is 0.000611.